The molecular weight excluding hydrogens is 260 g/mol. The molecule has 118 valence electrons. The van der Waals surface area contributed by atoms with Crippen LogP contribution in [0.2, 0.25) is 0 Å². The molecule has 1 saturated heterocycles. The molecule has 0 atom stereocenters. The van der Waals surface area contributed by atoms with Gasteiger partial charge in [0, 0.05) is 13.1 Å². The van der Waals surface area contributed by atoms with Crippen molar-refractivity contribution in [1.29, 1.82) is 0 Å². The maximum absolute atomic E-state index is 5.83. The molecule has 1 heterocycles. The standard InChI is InChI=1S/C18H30N2O/c1-3-18(4-2)9-11-20(12-10-18)13-14-21-17-7-5-16(15-19)6-8-17/h5-8H,3-4,9-15,19H2,1-2H3. The minimum absolute atomic E-state index is 0.588. The van der Waals surface area contributed by atoms with E-state index in [0.717, 1.165) is 24.5 Å². The number of ether oxygens (including phenoxy) is 1. The molecule has 0 spiro atoms. The minimum atomic E-state index is 0.588. The van der Waals surface area contributed by atoms with E-state index in [2.05, 4.69) is 18.7 Å². The van der Waals surface area contributed by atoms with E-state index in [4.69, 9.17) is 10.5 Å². The lowest BCUT2D eigenvalue weighted by molar-refractivity contribution is 0.0851. The first kappa shape index (κ1) is 16.3. The van der Waals surface area contributed by atoms with Crippen molar-refractivity contribution < 1.29 is 4.74 Å². The highest BCUT2D eigenvalue weighted by Gasteiger charge is 2.30. The summed E-state index contributed by atoms with van der Waals surface area (Å²) in [5, 5.41) is 0. The van der Waals surface area contributed by atoms with E-state index in [9.17, 15) is 0 Å². The second kappa shape index (κ2) is 7.81. The van der Waals surface area contributed by atoms with E-state index >= 15 is 0 Å². The normalized spacial score (nSPS) is 18.6. The molecule has 2 N–H and O–H groups in total. The van der Waals surface area contributed by atoms with Crippen LogP contribution in [0.3, 0.4) is 0 Å². The Morgan fingerprint density at radius 2 is 1.71 bits per heavy atom. The topological polar surface area (TPSA) is 38.5 Å². The van der Waals surface area contributed by atoms with Gasteiger partial charge in [0.15, 0.2) is 0 Å². The second-order valence-corrected chi connectivity index (χ2v) is 6.25. The van der Waals surface area contributed by atoms with Crippen LogP contribution >= 0.6 is 0 Å². The third-order valence-electron chi connectivity index (χ3n) is 5.25. The van der Waals surface area contributed by atoms with Gasteiger partial charge in [0.2, 0.25) is 0 Å². The Labute approximate surface area is 129 Å². The molecule has 1 aromatic rings. The first-order chi connectivity index (χ1) is 10.2. The monoisotopic (exact) mass is 290 g/mol. The first-order valence-electron chi connectivity index (χ1n) is 8.35. The van der Waals surface area contributed by atoms with Crippen LogP contribution in [0.1, 0.15) is 45.1 Å². The summed E-state index contributed by atoms with van der Waals surface area (Å²) < 4.78 is 5.83. The van der Waals surface area contributed by atoms with Crippen molar-refractivity contribution in [3.63, 3.8) is 0 Å². The zero-order valence-electron chi connectivity index (χ0n) is 13.6. The SMILES string of the molecule is CCC1(CC)CCN(CCOc2ccc(CN)cc2)CC1. The van der Waals surface area contributed by atoms with Crippen LogP contribution in [-0.4, -0.2) is 31.1 Å². The van der Waals surface area contributed by atoms with Crippen molar-refractivity contribution in [3.8, 4) is 5.75 Å². The van der Waals surface area contributed by atoms with Gasteiger partial charge < -0.3 is 10.5 Å². The summed E-state index contributed by atoms with van der Waals surface area (Å²) in [7, 11) is 0. The van der Waals surface area contributed by atoms with Crippen LogP contribution in [0.5, 0.6) is 5.75 Å². The van der Waals surface area contributed by atoms with Crippen molar-refractivity contribution in [2.24, 2.45) is 11.1 Å². The molecule has 0 amide bonds. The largest absolute Gasteiger partial charge is 0.492 e. The smallest absolute Gasteiger partial charge is 0.119 e. The number of benzene rings is 1. The van der Waals surface area contributed by atoms with Crippen molar-refractivity contribution in [2.75, 3.05) is 26.2 Å². The fraction of sp³-hybridized carbons (Fsp3) is 0.667. The maximum Gasteiger partial charge on any atom is 0.119 e. The molecular formula is C18H30N2O. The van der Waals surface area contributed by atoms with Crippen LogP contribution < -0.4 is 10.5 Å². The molecule has 21 heavy (non-hydrogen) atoms. The van der Waals surface area contributed by atoms with Crippen molar-refractivity contribution in [2.45, 2.75) is 46.1 Å². The molecule has 3 nitrogen and oxygen atoms in total. The summed E-state index contributed by atoms with van der Waals surface area (Å²) in [5.41, 5.74) is 7.35. The van der Waals surface area contributed by atoms with Crippen molar-refractivity contribution >= 4 is 0 Å². The fourth-order valence-corrected chi connectivity index (χ4v) is 3.22. The zero-order valence-corrected chi connectivity index (χ0v) is 13.6. The molecule has 1 fully saturated rings. The van der Waals surface area contributed by atoms with Crippen LogP contribution in [0.4, 0.5) is 0 Å². The van der Waals surface area contributed by atoms with Crippen molar-refractivity contribution in [1.82, 2.24) is 4.90 Å². The minimum Gasteiger partial charge on any atom is -0.492 e. The van der Waals surface area contributed by atoms with Gasteiger partial charge in [0.1, 0.15) is 12.4 Å². The fourth-order valence-electron chi connectivity index (χ4n) is 3.22. The van der Waals surface area contributed by atoms with Crippen LogP contribution in [0.15, 0.2) is 24.3 Å². The second-order valence-electron chi connectivity index (χ2n) is 6.25. The van der Waals surface area contributed by atoms with E-state index in [1.165, 1.54) is 38.8 Å². The Morgan fingerprint density at radius 1 is 1.10 bits per heavy atom. The molecule has 0 aliphatic carbocycles. The highest BCUT2D eigenvalue weighted by molar-refractivity contribution is 5.27. The van der Waals surface area contributed by atoms with E-state index in [-0.39, 0.29) is 0 Å². The van der Waals surface area contributed by atoms with Gasteiger partial charge in [-0.25, -0.2) is 0 Å². The molecule has 3 heteroatoms. The summed E-state index contributed by atoms with van der Waals surface area (Å²) >= 11 is 0. The van der Waals surface area contributed by atoms with Gasteiger partial charge in [-0.3, -0.25) is 4.90 Å². The van der Waals surface area contributed by atoms with Crippen LogP contribution in [-0.2, 0) is 6.54 Å². The molecule has 1 aliphatic heterocycles. The van der Waals surface area contributed by atoms with Crippen LogP contribution in [0.25, 0.3) is 0 Å². The highest BCUT2D eigenvalue weighted by Crippen LogP contribution is 2.37. The van der Waals surface area contributed by atoms with Gasteiger partial charge in [-0.2, -0.15) is 0 Å². The third kappa shape index (κ3) is 4.45. The quantitative estimate of drug-likeness (QED) is 0.836. The lowest BCUT2D eigenvalue weighted by atomic mass is 9.74. The van der Waals surface area contributed by atoms with Gasteiger partial charge >= 0.3 is 0 Å². The van der Waals surface area contributed by atoms with Gasteiger partial charge in [-0.05, 0) is 49.0 Å². The lowest BCUT2D eigenvalue weighted by Crippen LogP contribution is -2.41. The molecule has 0 radical (unpaired) electrons. The Kier molecular flexibility index (Phi) is 6.07. The van der Waals surface area contributed by atoms with E-state index in [1.807, 2.05) is 24.3 Å². The summed E-state index contributed by atoms with van der Waals surface area (Å²) in [5.74, 6) is 0.945. The molecule has 1 aromatic carbocycles. The number of hydrogen-bond acceptors (Lipinski definition) is 3. The summed E-state index contributed by atoms with van der Waals surface area (Å²) in [6, 6.07) is 8.09. The first-order valence-corrected chi connectivity index (χ1v) is 8.35. The Hall–Kier alpha value is -1.06. The molecule has 2 rings (SSSR count). The number of nitrogens with two attached hydrogens (primary N) is 1. The van der Waals surface area contributed by atoms with Crippen molar-refractivity contribution in [3.05, 3.63) is 29.8 Å². The molecule has 0 saturated carbocycles. The molecule has 1 aliphatic rings. The number of rotatable bonds is 7. The summed E-state index contributed by atoms with van der Waals surface area (Å²) in [6.07, 6.45) is 5.32. The van der Waals surface area contributed by atoms with Gasteiger partial charge in [0.05, 0.1) is 0 Å². The number of piperidine rings is 1. The average molecular weight is 290 g/mol. The Morgan fingerprint density at radius 3 is 2.24 bits per heavy atom. The Balaban J connectivity index is 1.70. The third-order valence-corrected chi connectivity index (χ3v) is 5.25. The van der Waals surface area contributed by atoms with Gasteiger partial charge in [-0.15, -0.1) is 0 Å². The predicted octanol–water partition coefficient (Wildman–Crippen LogP) is 3.43. The Bertz CT molecular complexity index is 402. The highest BCUT2D eigenvalue weighted by atomic mass is 16.5. The number of nitrogens with zero attached hydrogens (tertiary/aromatic N) is 1. The summed E-state index contributed by atoms with van der Waals surface area (Å²) in [4.78, 5) is 2.54. The van der Waals surface area contributed by atoms with E-state index in [1.54, 1.807) is 0 Å². The molecule has 0 aromatic heterocycles. The summed E-state index contributed by atoms with van der Waals surface area (Å²) in [6.45, 7) is 9.51. The van der Waals surface area contributed by atoms with Crippen LogP contribution in [0, 0.1) is 5.41 Å². The zero-order chi connectivity index (χ0) is 15.1. The number of likely N-dealkylation sites (tertiary alicyclic amines) is 1. The predicted molar refractivity (Wildman–Crippen MR) is 88.5 cm³/mol. The van der Waals surface area contributed by atoms with Gasteiger partial charge in [0.25, 0.3) is 0 Å². The maximum atomic E-state index is 5.83. The molecule has 0 bridgehead atoms. The average Bonchev–Trinajstić information content (AvgIpc) is 2.56. The lowest BCUT2D eigenvalue weighted by Gasteiger charge is -2.41. The molecule has 0 unspecified atom stereocenters. The van der Waals surface area contributed by atoms with E-state index in [0.29, 0.717) is 12.0 Å². The van der Waals surface area contributed by atoms with E-state index < -0.39 is 0 Å². The number of hydrogen-bond donors (Lipinski definition) is 1. The van der Waals surface area contributed by atoms with Gasteiger partial charge in [-0.1, -0.05) is 38.8 Å².